The van der Waals surface area contributed by atoms with Crippen molar-refractivity contribution in [3.63, 3.8) is 0 Å². The first-order valence-corrected chi connectivity index (χ1v) is 27.7. The van der Waals surface area contributed by atoms with Crippen molar-refractivity contribution in [3.05, 3.63) is 160 Å². The Morgan fingerprint density at radius 2 is 0.928 bits per heavy atom. The van der Waals surface area contributed by atoms with Gasteiger partial charge in [0.05, 0.1) is 48.1 Å². The second kappa shape index (κ2) is 29.3. The van der Waals surface area contributed by atoms with Gasteiger partial charge < -0.3 is 67.5 Å². The Hall–Kier alpha value is -7.34. The summed E-state index contributed by atoms with van der Waals surface area (Å²) in [6.07, 6.45) is 5.26. The van der Waals surface area contributed by atoms with Crippen LogP contribution in [0.4, 0.5) is 0 Å². The molecule has 0 aliphatic carbocycles. The summed E-state index contributed by atoms with van der Waals surface area (Å²) < 4.78 is 33.0. The van der Waals surface area contributed by atoms with Crippen LogP contribution < -0.4 is 41.7 Å². The van der Waals surface area contributed by atoms with Gasteiger partial charge in [0.25, 0.3) is 22.6 Å². The maximum absolute atomic E-state index is 12.8. The van der Waals surface area contributed by atoms with E-state index < -0.39 is 19.1 Å². The zero-order valence-corrected chi connectivity index (χ0v) is 51.9. The number of hydrogen-bond acceptors (Lipinski definition) is 14. The number of carbonyl (C=O) groups excluding carboxylic acids is 1. The molecule has 0 radical (unpaired) electrons. The summed E-state index contributed by atoms with van der Waals surface area (Å²) >= 11 is 3.22. The van der Waals surface area contributed by atoms with Crippen molar-refractivity contribution in [3.8, 4) is 39.5 Å². The summed E-state index contributed by atoms with van der Waals surface area (Å²) in [6.45, 7) is 21.4. The van der Waals surface area contributed by atoms with E-state index in [1.807, 2.05) is 56.9 Å². The largest absolute Gasteiger partial charge is 0.496 e. The van der Waals surface area contributed by atoms with E-state index in [1.165, 1.54) is 56.1 Å². The first-order valence-electron chi connectivity index (χ1n) is 26.9. The molecule has 0 spiro atoms. The lowest BCUT2D eigenvalue weighted by Crippen LogP contribution is -2.47. The number of hydrogen-bond donors (Lipinski definition) is 3. The number of pyridine rings is 3. The first-order chi connectivity index (χ1) is 39.0. The smallest absolute Gasteiger partial charge is 0.496 e. The molecule has 3 aromatic heterocycles. The number of carbonyl (C=O) groups is 3. The lowest BCUT2D eigenvalue weighted by atomic mass is 9.80. The fourth-order valence-corrected chi connectivity index (χ4v) is 9.36. The van der Waals surface area contributed by atoms with Crippen molar-refractivity contribution in [1.29, 1.82) is 0 Å². The maximum atomic E-state index is 12.8. The molecule has 3 aliphatic heterocycles. The van der Waals surface area contributed by atoms with E-state index >= 15 is 0 Å². The number of nitrogens with one attached hydrogen (secondary N) is 1. The molecule has 22 heteroatoms. The van der Waals surface area contributed by atoms with Crippen molar-refractivity contribution in [2.45, 2.75) is 59.7 Å². The SMILES string of the molecule is CN1CCNCC1.COc1cc(C(=O)N2CCN(C)CC2)ccc1-c1cc(C)c(=O)n(C)c1.COc1cc(C(=O)O)ccc1-c1cc(C)c(=O)n(C)c1.COc1cc(C(=O)O)ccc1Br.Cc1cc(B2OC(C)(C)C(C)(C)O2)cn(C)c1=O. The number of amides is 1. The molecule has 83 heavy (non-hydrogen) atoms. The van der Waals surface area contributed by atoms with E-state index in [2.05, 4.69) is 45.1 Å². The van der Waals surface area contributed by atoms with Crippen molar-refractivity contribution >= 4 is 46.4 Å². The Morgan fingerprint density at radius 1 is 0.542 bits per heavy atom. The number of ether oxygens (including phenoxy) is 3. The molecule has 3 aromatic carbocycles. The van der Waals surface area contributed by atoms with Crippen LogP contribution in [-0.4, -0.2) is 163 Å². The zero-order chi connectivity index (χ0) is 61.7. The van der Waals surface area contributed by atoms with Crippen LogP contribution in [0.3, 0.4) is 0 Å². The van der Waals surface area contributed by atoms with Crippen LogP contribution in [0.1, 0.15) is 75.5 Å². The number of halogens is 1. The molecule has 0 unspecified atom stereocenters. The molecule has 6 aromatic rings. The Bertz CT molecular complexity index is 3360. The number of aryl methyl sites for hydroxylation is 6. The fourth-order valence-electron chi connectivity index (χ4n) is 8.95. The van der Waals surface area contributed by atoms with Crippen LogP contribution in [0.2, 0.25) is 0 Å². The molecule has 3 fully saturated rings. The van der Waals surface area contributed by atoms with Gasteiger partial charge in [-0.25, -0.2) is 9.59 Å². The van der Waals surface area contributed by atoms with E-state index in [0.29, 0.717) is 39.5 Å². The maximum Gasteiger partial charge on any atom is 0.496 e. The van der Waals surface area contributed by atoms with Gasteiger partial charge in [0, 0.05) is 137 Å². The third-order valence-electron chi connectivity index (χ3n) is 14.7. The van der Waals surface area contributed by atoms with E-state index in [9.17, 15) is 28.8 Å². The van der Waals surface area contributed by atoms with Crippen molar-refractivity contribution in [2.75, 3.05) is 87.8 Å². The highest BCUT2D eigenvalue weighted by molar-refractivity contribution is 9.10. The number of methoxy groups -OCH3 is 3. The minimum Gasteiger partial charge on any atom is -0.496 e. The quantitative estimate of drug-likeness (QED) is 0.132. The normalized spacial score (nSPS) is 15.4. The van der Waals surface area contributed by atoms with Crippen LogP contribution in [0, 0.1) is 20.8 Å². The molecule has 3 N–H and O–H groups in total. The van der Waals surface area contributed by atoms with Crippen LogP contribution in [-0.2, 0) is 30.5 Å². The second-order valence-corrected chi connectivity index (χ2v) is 22.4. The molecular formula is C61H79BBrN7O13. The molecule has 0 bridgehead atoms. The van der Waals surface area contributed by atoms with Crippen LogP contribution in [0.15, 0.2) is 110 Å². The summed E-state index contributed by atoms with van der Waals surface area (Å²) in [6, 6.07) is 20.2. The monoisotopic (exact) mass is 1210 g/mol. The molecule has 0 saturated carbocycles. The number of aromatic nitrogens is 3. The average molecular weight is 1210 g/mol. The van der Waals surface area contributed by atoms with E-state index in [-0.39, 0.29) is 44.9 Å². The summed E-state index contributed by atoms with van der Waals surface area (Å²) in [4.78, 5) is 76.0. The standard InChI is InChI=1S/C20H25N3O3.C15H15NO4.C13H20BNO3.C8H7BrO3.C5H12N2/c1-14-11-16(13-22(3)19(14)24)17-6-5-15(12-18(17)26-4)20(25)23-9-7-21(2)8-10-23;1-9-6-11(8-16(2)14(9)17)12-5-4-10(15(18)19)7-13(12)20-3;1-9-7-10(8-15(6)11(9)16)14-17-12(2,3)13(4,5)18-14;1-12-7-4-5(8(10)11)2-3-6(7)9;1-7-4-2-6-3-5-7/h5-6,11-13H,7-10H2,1-4H3;4-8H,1-3H3,(H,18,19);7-8H,1-6H3;2-4H,1H3,(H,10,11);6H,2-5H2,1H3. The van der Waals surface area contributed by atoms with Crippen LogP contribution >= 0.6 is 15.9 Å². The number of likely N-dealkylation sites (N-methyl/N-ethyl adjacent to an activating group) is 2. The number of benzene rings is 3. The van der Waals surface area contributed by atoms with Gasteiger partial charge >= 0.3 is 19.1 Å². The lowest BCUT2D eigenvalue weighted by molar-refractivity contribution is 0.00578. The van der Waals surface area contributed by atoms with Crippen molar-refractivity contribution < 1.29 is 48.1 Å². The van der Waals surface area contributed by atoms with Gasteiger partial charge in [-0.3, -0.25) is 19.2 Å². The van der Waals surface area contributed by atoms with Gasteiger partial charge in [0.1, 0.15) is 17.2 Å². The third-order valence-corrected chi connectivity index (χ3v) is 15.3. The van der Waals surface area contributed by atoms with E-state index in [0.717, 1.165) is 71.5 Å². The lowest BCUT2D eigenvalue weighted by Gasteiger charge is -2.32. The Kier molecular flexibility index (Phi) is 23.4. The van der Waals surface area contributed by atoms with Crippen molar-refractivity contribution in [2.24, 2.45) is 21.1 Å². The molecule has 9 rings (SSSR count). The van der Waals surface area contributed by atoms with Crippen LogP contribution in [0.25, 0.3) is 22.3 Å². The highest BCUT2D eigenvalue weighted by atomic mass is 79.9. The third kappa shape index (κ3) is 17.4. The number of aromatic carboxylic acids is 2. The summed E-state index contributed by atoms with van der Waals surface area (Å²) in [7, 11) is 13.5. The molecule has 6 heterocycles. The van der Waals surface area contributed by atoms with E-state index in [1.54, 1.807) is 101 Å². The number of nitrogens with zero attached hydrogens (tertiary/aromatic N) is 6. The molecule has 3 aliphatic rings. The van der Waals surface area contributed by atoms with Crippen molar-refractivity contribution in [1.82, 2.24) is 33.7 Å². The number of piperazine rings is 2. The van der Waals surface area contributed by atoms with Gasteiger partial charge in [-0.15, -0.1) is 0 Å². The topological polar surface area (TPSA) is 226 Å². The summed E-state index contributed by atoms with van der Waals surface area (Å²) in [5, 5.41) is 20.9. The Balaban J connectivity index is 0.000000200. The zero-order valence-electron chi connectivity index (χ0n) is 50.3. The summed E-state index contributed by atoms with van der Waals surface area (Å²) in [5.41, 5.74) is 6.38. The molecule has 20 nitrogen and oxygen atoms in total. The average Bonchev–Trinajstić information content (AvgIpc) is 3.94. The minimum atomic E-state index is -1.01. The molecule has 1 amide bonds. The molecule has 446 valence electrons. The first kappa shape index (κ1) is 66.5. The van der Waals surface area contributed by atoms with Gasteiger partial charge in [-0.1, -0.05) is 6.07 Å². The van der Waals surface area contributed by atoms with Crippen LogP contribution in [0.5, 0.6) is 17.2 Å². The fraction of sp³-hybridized carbons (Fsp3) is 0.410. The molecular weight excluding hydrogens is 1130 g/mol. The molecule has 3 saturated heterocycles. The number of carboxylic acids is 2. The number of rotatable bonds is 9. The summed E-state index contributed by atoms with van der Waals surface area (Å²) in [5.74, 6) is -0.326. The second-order valence-electron chi connectivity index (χ2n) is 21.6. The Labute approximate surface area is 494 Å². The molecule has 0 atom stereocenters. The van der Waals surface area contributed by atoms with Gasteiger partial charge in [-0.05, 0) is 151 Å². The Morgan fingerprint density at radius 3 is 1.33 bits per heavy atom. The van der Waals surface area contributed by atoms with Gasteiger partial charge in [-0.2, -0.15) is 0 Å². The minimum absolute atomic E-state index is 0.00951. The predicted molar refractivity (Wildman–Crippen MR) is 327 cm³/mol. The highest BCUT2D eigenvalue weighted by Gasteiger charge is 2.52. The van der Waals surface area contributed by atoms with E-state index in [4.69, 9.17) is 33.7 Å². The predicted octanol–water partition coefficient (Wildman–Crippen LogP) is 6.49. The highest BCUT2D eigenvalue weighted by Crippen LogP contribution is 2.37. The number of carboxylic acid groups (broad SMARTS) is 2. The van der Waals surface area contributed by atoms with Gasteiger partial charge in [0.2, 0.25) is 0 Å². The van der Waals surface area contributed by atoms with Gasteiger partial charge in [0.15, 0.2) is 0 Å².